The maximum absolute atomic E-state index is 9.37. The van der Waals surface area contributed by atoms with Crippen LogP contribution >= 0.6 is 11.3 Å². The van der Waals surface area contributed by atoms with Gasteiger partial charge in [0.15, 0.2) is 0 Å². The van der Waals surface area contributed by atoms with Crippen molar-refractivity contribution in [1.29, 1.82) is 0 Å². The Balaban J connectivity index is 2.13. The number of nitrogens with one attached hydrogen (secondary N) is 1. The third kappa shape index (κ3) is 2.95. The minimum atomic E-state index is -0.130. The molecule has 0 saturated heterocycles. The van der Waals surface area contributed by atoms with Crippen LogP contribution in [0.3, 0.4) is 0 Å². The number of nitrogens with zero attached hydrogens (tertiary/aromatic N) is 1. The average Bonchev–Trinajstić information content (AvgIpc) is 2.90. The van der Waals surface area contributed by atoms with Gasteiger partial charge in [-0.25, -0.2) is 0 Å². The van der Waals surface area contributed by atoms with Crippen LogP contribution in [0.4, 0.5) is 5.69 Å². The monoisotopic (exact) mass is 250 g/mol. The van der Waals surface area contributed by atoms with Crippen LogP contribution in [0.15, 0.2) is 36.0 Å². The Labute approximate surface area is 104 Å². The molecular weight excluding hydrogens is 236 g/mol. The maximum Gasteiger partial charge on any atom is 0.120 e. The van der Waals surface area contributed by atoms with Crippen LogP contribution in [0.5, 0.6) is 5.75 Å². The second-order valence-electron chi connectivity index (χ2n) is 3.52. The molecular formula is C12H14N2O2S. The summed E-state index contributed by atoms with van der Waals surface area (Å²) in [5.41, 5.74) is 2.67. The van der Waals surface area contributed by atoms with Crippen LogP contribution in [-0.2, 0) is 0 Å². The van der Waals surface area contributed by atoms with Gasteiger partial charge in [0.2, 0.25) is 0 Å². The second kappa shape index (κ2) is 5.65. The zero-order chi connectivity index (χ0) is 12.1. The third-order valence-electron chi connectivity index (χ3n) is 2.39. The van der Waals surface area contributed by atoms with Gasteiger partial charge in [0, 0.05) is 22.8 Å². The zero-order valence-corrected chi connectivity index (χ0v) is 10.3. The first-order valence-electron chi connectivity index (χ1n) is 5.23. The van der Waals surface area contributed by atoms with Gasteiger partial charge in [0.1, 0.15) is 5.75 Å². The molecule has 0 amide bonds. The molecule has 2 N–H and O–H groups in total. The standard InChI is InChI=1S/C12H14N2O2S/c1-16-10-4-2-3-9(5-10)14-11(7-15)12-6-13-8-17-12/h2-6,8,11,14-15H,7H2,1H3. The molecule has 1 heterocycles. The van der Waals surface area contributed by atoms with Gasteiger partial charge in [-0.05, 0) is 12.1 Å². The maximum atomic E-state index is 9.37. The number of aromatic nitrogens is 1. The van der Waals surface area contributed by atoms with E-state index < -0.39 is 0 Å². The third-order valence-corrected chi connectivity index (χ3v) is 3.28. The topological polar surface area (TPSA) is 54.4 Å². The highest BCUT2D eigenvalue weighted by atomic mass is 32.1. The molecule has 1 aromatic heterocycles. The van der Waals surface area contributed by atoms with E-state index >= 15 is 0 Å². The van der Waals surface area contributed by atoms with Gasteiger partial charge in [0.25, 0.3) is 0 Å². The van der Waals surface area contributed by atoms with Crippen molar-refractivity contribution in [2.24, 2.45) is 0 Å². The molecule has 0 aliphatic rings. The van der Waals surface area contributed by atoms with E-state index in [0.29, 0.717) is 0 Å². The molecule has 0 bridgehead atoms. The van der Waals surface area contributed by atoms with Gasteiger partial charge in [0.05, 0.1) is 25.3 Å². The molecule has 0 aliphatic carbocycles. The van der Waals surface area contributed by atoms with Crippen LogP contribution in [0.2, 0.25) is 0 Å². The summed E-state index contributed by atoms with van der Waals surface area (Å²) >= 11 is 1.52. The predicted octanol–water partition coefficient (Wildman–Crippen LogP) is 2.30. The Morgan fingerprint density at radius 2 is 2.41 bits per heavy atom. The van der Waals surface area contributed by atoms with E-state index in [0.717, 1.165) is 16.3 Å². The summed E-state index contributed by atoms with van der Waals surface area (Å²) in [6.45, 7) is 0.0272. The molecule has 4 nitrogen and oxygen atoms in total. The second-order valence-corrected chi connectivity index (χ2v) is 4.43. The molecule has 1 unspecified atom stereocenters. The molecule has 1 atom stereocenters. The average molecular weight is 250 g/mol. The van der Waals surface area contributed by atoms with E-state index in [9.17, 15) is 5.11 Å². The number of methoxy groups -OCH3 is 1. The molecule has 0 saturated carbocycles. The Morgan fingerprint density at radius 3 is 3.06 bits per heavy atom. The molecule has 2 rings (SSSR count). The van der Waals surface area contributed by atoms with E-state index in [1.807, 2.05) is 24.3 Å². The summed E-state index contributed by atoms with van der Waals surface area (Å²) in [6, 6.07) is 7.49. The SMILES string of the molecule is COc1cccc(NC(CO)c2cncs2)c1. The van der Waals surface area contributed by atoms with Crippen LogP contribution in [0.1, 0.15) is 10.9 Å². The number of thiazole rings is 1. The first kappa shape index (κ1) is 11.9. The number of hydrogen-bond donors (Lipinski definition) is 2. The quantitative estimate of drug-likeness (QED) is 0.855. The number of ether oxygens (including phenoxy) is 1. The molecule has 90 valence electrons. The highest BCUT2D eigenvalue weighted by molar-refractivity contribution is 7.09. The molecule has 0 fully saturated rings. The lowest BCUT2D eigenvalue weighted by Crippen LogP contribution is -2.13. The molecule has 5 heteroatoms. The number of aliphatic hydroxyl groups excluding tert-OH is 1. The van der Waals surface area contributed by atoms with Gasteiger partial charge < -0.3 is 15.2 Å². The Bertz CT molecular complexity index is 459. The van der Waals surface area contributed by atoms with Crippen LogP contribution in [0, 0.1) is 0 Å². The van der Waals surface area contributed by atoms with E-state index in [-0.39, 0.29) is 12.6 Å². The van der Waals surface area contributed by atoms with Crippen molar-refractivity contribution in [2.75, 3.05) is 19.0 Å². The van der Waals surface area contributed by atoms with Crippen molar-refractivity contribution in [1.82, 2.24) is 4.98 Å². The summed E-state index contributed by atoms with van der Waals surface area (Å²) in [5, 5.41) is 12.6. The first-order valence-corrected chi connectivity index (χ1v) is 6.11. The van der Waals surface area contributed by atoms with Crippen LogP contribution in [-0.4, -0.2) is 23.8 Å². The van der Waals surface area contributed by atoms with E-state index in [1.165, 1.54) is 11.3 Å². The zero-order valence-electron chi connectivity index (χ0n) is 9.46. The fraction of sp³-hybridized carbons (Fsp3) is 0.250. The Hall–Kier alpha value is -1.59. The summed E-state index contributed by atoms with van der Waals surface area (Å²) in [7, 11) is 1.63. The van der Waals surface area contributed by atoms with Gasteiger partial charge in [-0.15, -0.1) is 11.3 Å². The Kier molecular flexibility index (Phi) is 3.95. The molecule has 0 spiro atoms. The molecule has 1 aromatic carbocycles. The first-order chi connectivity index (χ1) is 8.33. The van der Waals surface area contributed by atoms with Crippen molar-refractivity contribution in [3.63, 3.8) is 0 Å². The number of rotatable bonds is 5. The molecule has 0 radical (unpaired) electrons. The number of aliphatic hydroxyl groups is 1. The van der Waals surface area contributed by atoms with Gasteiger partial charge >= 0.3 is 0 Å². The predicted molar refractivity (Wildman–Crippen MR) is 68.6 cm³/mol. The van der Waals surface area contributed by atoms with Crippen molar-refractivity contribution in [2.45, 2.75) is 6.04 Å². The van der Waals surface area contributed by atoms with Crippen molar-refractivity contribution in [3.05, 3.63) is 40.8 Å². The summed E-state index contributed by atoms with van der Waals surface area (Å²) in [6.07, 6.45) is 1.76. The normalized spacial score (nSPS) is 12.1. The lowest BCUT2D eigenvalue weighted by Gasteiger charge is -2.16. The van der Waals surface area contributed by atoms with Crippen LogP contribution < -0.4 is 10.1 Å². The van der Waals surface area contributed by atoms with Crippen LogP contribution in [0.25, 0.3) is 0 Å². The van der Waals surface area contributed by atoms with Crippen molar-refractivity contribution < 1.29 is 9.84 Å². The molecule has 2 aromatic rings. The van der Waals surface area contributed by atoms with Crippen molar-refractivity contribution >= 4 is 17.0 Å². The summed E-state index contributed by atoms with van der Waals surface area (Å²) in [4.78, 5) is 5.02. The van der Waals surface area contributed by atoms with E-state index in [4.69, 9.17) is 4.74 Å². The fourth-order valence-corrected chi connectivity index (χ4v) is 2.18. The number of hydrogen-bond acceptors (Lipinski definition) is 5. The number of benzene rings is 1. The molecule has 0 aliphatic heterocycles. The lowest BCUT2D eigenvalue weighted by atomic mass is 10.2. The van der Waals surface area contributed by atoms with E-state index in [1.54, 1.807) is 18.8 Å². The minimum absolute atomic E-state index is 0.0272. The number of anilines is 1. The van der Waals surface area contributed by atoms with Gasteiger partial charge in [-0.1, -0.05) is 6.07 Å². The van der Waals surface area contributed by atoms with Gasteiger partial charge in [-0.3, -0.25) is 4.98 Å². The highest BCUT2D eigenvalue weighted by Gasteiger charge is 2.11. The summed E-state index contributed by atoms with van der Waals surface area (Å²) in [5.74, 6) is 0.788. The highest BCUT2D eigenvalue weighted by Crippen LogP contribution is 2.24. The Morgan fingerprint density at radius 1 is 1.53 bits per heavy atom. The minimum Gasteiger partial charge on any atom is -0.497 e. The fourth-order valence-electron chi connectivity index (χ4n) is 1.52. The van der Waals surface area contributed by atoms with Gasteiger partial charge in [-0.2, -0.15) is 0 Å². The van der Waals surface area contributed by atoms with Crippen molar-refractivity contribution in [3.8, 4) is 5.75 Å². The lowest BCUT2D eigenvalue weighted by molar-refractivity contribution is 0.277. The summed E-state index contributed by atoms with van der Waals surface area (Å²) < 4.78 is 5.15. The largest absolute Gasteiger partial charge is 0.497 e. The smallest absolute Gasteiger partial charge is 0.120 e. The molecule has 17 heavy (non-hydrogen) atoms. The van der Waals surface area contributed by atoms with E-state index in [2.05, 4.69) is 10.3 Å².